The highest BCUT2D eigenvalue weighted by Gasteiger charge is 2.28. The Morgan fingerprint density at radius 1 is 0.606 bits per heavy atom. The molecule has 0 spiro atoms. The first kappa shape index (κ1) is 23.9. The van der Waals surface area contributed by atoms with Gasteiger partial charge in [-0.3, -0.25) is 4.79 Å². The largest absolute Gasteiger partial charge is 0.300 e. The summed E-state index contributed by atoms with van der Waals surface area (Å²) in [6, 6.07) is 11.6. The lowest BCUT2D eigenvalue weighted by atomic mass is 9.86. The minimum atomic E-state index is -0.391. The topological polar surface area (TPSA) is 17.1 Å². The van der Waals surface area contributed by atoms with Gasteiger partial charge in [0.1, 0.15) is 5.78 Å². The molecule has 0 atom stereocenters. The molecule has 0 N–H and O–H groups in total. The Morgan fingerprint density at radius 2 is 0.970 bits per heavy atom. The van der Waals surface area contributed by atoms with Crippen LogP contribution < -0.4 is 5.30 Å². The minimum Gasteiger partial charge on any atom is -0.300 e. The van der Waals surface area contributed by atoms with Gasteiger partial charge in [-0.2, -0.15) is 0 Å². The zero-order valence-electron chi connectivity index (χ0n) is 21.6. The van der Waals surface area contributed by atoms with Crippen molar-refractivity contribution < 1.29 is 4.79 Å². The van der Waals surface area contributed by atoms with Crippen LogP contribution in [0.5, 0.6) is 0 Å². The van der Waals surface area contributed by atoms with E-state index in [1.807, 2.05) is 0 Å². The molecule has 0 aliphatic carbocycles. The summed E-state index contributed by atoms with van der Waals surface area (Å²) in [6.07, 6.45) is 3.50. The van der Waals surface area contributed by atoms with E-state index in [1.165, 1.54) is 72.1 Å². The molecule has 0 radical (unpaired) electrons. The maximum absolute atomic E-state index is 12.2. The van der Waals surface area contributed by atoms with Gasteiger partial charge >= 0.3 is 0 Å². The van der Waals surface area contributed by atoms with Gasteiger partial charge < -0.3 is 0 Å². The molecular weight excluding hydrogens is 419 g/mol. The minimum absolute atomic E-state index is 0.391. The highest BCUT2D eigenvalue weighted by molar-refractivity contribution is 7.66. The standard InChI is InChI=1S/C31H37OP/c1-18-16-19(2)23(6)29(22(18)5)27-10-9-11-28(31(27)33-14-12-26(32)13-15-33)30-24(7)20(3)17-21(4)25(30)8/h9-11,16-17H,12-15H2,1-8H3. The zero-order valence-corrected chi connectivity index (χ0v) is 22.5. The van der Waals surface area contributed by atoms with Crippen LogP contribution in [0.15, 0.2) is 30.3 Å². The van der Waals surface area contributed by atoms with Crippen LogP contribution in [0.3, 0.4) is 0 Å². The summed E-state index contributed by atoms with van der Waals surface area (Å²) in [6.45, 7) is 18.0. The van der Waals surface area contributed by atoms with Gasteiger partial charge in [-0.05, 0) is 140 Å². The van der Waals surface area contributed by atoms with E-state index in [1.54, 1.807) is 0 Å². The summed E-state index contributed by atoms with van der Waals surface area (Å²) in [5.41, 5.74) is 16.6. The van der Waals surface area contributed by atoms with E-state index in [9.17, 15) is 4.79 Å². The fraction of sp³-hybridized carbons (Fsp3) is 0.387. The number of aryl methyl sites for hydroxylation is 4. The highest BCUT2D eigenvalue weighted by Crippen LogP contribution is 2.48. The summed E-state index contributed by atoms with van der Waals surface area (Å²) in [5, 5.41) is 1.52. The Labute approximate surface area is 201 Å². The summed E-state index contributed by atoms with van der Waals surface area (Å²) in [7, 11) is -0.391. The molecule has 0 bridgehead atoms. The zero-order chi connectivity index (χ0) is 24.0. The Bertz CT molecular complexity index is 1120. The van der Waals surface area contributed by atoms with E-state index in [2.05, 4.69) is 85.7 Å². The number of benzene rings is 3. The van der Waals surface area contributed by atoms with Gasteiger partial charge in [0, 0.05) is 12.8 Å². The van der Waals surface area contributed by atoms with E-state index >= 15 is 0 Å². The second-order valence-corrected chi connectivity index (χ2v) is 12.4. The fourth-order valence-corrected chi connectivity index (χ4v) is 8.27. The van der Waals surface area contributed by atoms with Gasteiger partial charge in [0.2, 0.25) is 0 Å². The van der Waals surface area contributed by atoms with Gasteiger partial charge in [0.15, 0.2) is 0 Å². The van der Waals surface area contributed by atoms with Crippen LogP contribution in [-0.4, -0.2) is 18.1 Å². The van der Waals surface area contributed by atoms with Crippen molar-refractivity contribution in [3.63, 3.8) is 0 Å². The predicted octanol–water partition coefficient (Wildman–Crippen LogP) is 7.96. The first-order chi connectivity index (χ1) is 15.6. The van der Waals surface area contributed by atoms with Crippen LogP contribution in [0.4, 0.5) is 0 Å². The average molecular weight is 457 g/mol. The van der Waals surface area contributed by atoms with Gasteiger partial charge in [-0.15, -0.1) is 0 Å². The molecule has 2 heteroatoms. The molecule has 1 nitrogen and oxygen atoms in total. The van der Waals surface area contributed by atoms with E-state index in [0.717, 1.165) is 25.2 Å². The first-order valence-electron chi connectivity index (χ1n) is 12.2. The first-order valence-corrected chi connectivity index (χ1v) is 13.9. The smallest absolute Gasteiger partial charge is 0.133 e. The molecule has 1 aliphatic heterocycles. The van der Waals surface area contributed by atoms with Crippen LogP contribution in [0.25, 0.3) is 22.3 Å². The second kappa shape index (κ2) is 9.19. The van der Waals surface area contributed by atoms with Gasteiger partial charge in [0.05, 0.1) is 0 Å². The van der Waals surface area contributed by atoms with Crippen LogP contribution >= 0.6 is 7.92 Å². The molecule has 0 saturated carbocycles. The molecule has 33 heavy (non-hydrogen) atoms. The normalized spacial score (nSPS) is 14.7. The Balaban J connectivity index is 2.10. The Morgan fingerprint density at radius 3 is 1.33 bits per heavy atom. The lowest BCUT2D eigenvalue weighted by Crippen LogP contribution is -2.21. The molecule has 1 aliphatic rings. The molecule has 3 aromatic rings. The molecule has 0 aromatic heterocycles. The average Bonchev–Trinajstić information content (AvgIpc) is 2.78. The molecule has 1 saturated heterocycles. The van der Waals surface area contributed by atoms with Crippen molar-refractivity contribution in [1.29, 1.82) is 0 Å². The third-order valence-corrected chi connectivity index (χ3v) is 10.6. The maximum atomic E-state index is 12.2. The molecule has 0 amide bonds. The van der Waals surface area contributed by atoms with Crippen molar-refractivity contribution in [2.75, 3.05) is 12.3 Å². The number of hydrogen-bond acceptors (Lipinski definition) is 1. The quantitative estimate of drug-likeness (QED) is 0.365. The number of rotatable bonds is 3. The monoisotopic (exact) mass is 456 g/mol. The predicted molar refractivity (Wildman–Crippen MR) is 146 cm³/mol. The van der Waals surface area contributed by atoms with Gasteiger partial charge in [0.25, 0.3) is 0 Å². The third kappa shape index (κ3) is 4.22. The molecule has 3 aromatic carbocycles. The second-order valence-electron chi connectivity index (χ2n) is 10.00. The number of hydrogen-bond donors (Lipinski definition) is 0. The number of carbonyl (C=O) groups is 1. The summed E-state index contributed by atoms with van der Waals surface area (Å²) in [5.74, 6) is 0.435. The summed E-state index contributed by atoms with van der Waals surface area (Å²) < 4.78 is 0. The molecular formula is C31H37OP. The summed E-state index contributed by atoms with van der Waals surface area (Å²) in [4.78, 5) is 12.2. The van der Waals surface area contributed by atoms with Gasteiger partial charge in [-0.25, -0.2) is 0 Å². The summed E-state index contributed by atoms with van der Waals surface area (Å²) >= 11 is 0. The molecule has 0 unspecified atom stereocenters. The van der Waals surface area contributed by atoms with E-state index in [4.69, 9.17) is 0 Å². The Hall–Kier alpha value is -2.24. The molecule has 172 valence electrons. The molecule has 4 rings (SSSR count). The van der Waals surface area contributed by atoms with Crippen molar-refractivity contribution >= 4 is 19.0 Å². The van der Waals surface area contributed by atoms with Crippen molar-refractivity contribution in [1.82, 2.24) is 0 Å². The van der Waals surface area contributed by atoms with Crippen LogP contribution in [0.1, 0.15) is 57.3 Å². The van der Waals surface area contributed by atoms with Crippen molar-refractivity contribution in [2.24, 2.45) is 0 Å². The molecule has 1 heterocycles. The SMILES string of the molecule is Cc1cc(C)c(C)c(-c2cccc(-c3c(C)c(C)cc(C)c3C)c2P2CCC(=O)CC2)c1C. The lowest BCUT2D eigenvalue weighted by Gasteiger charge is -2.30. The van der Waals surface area contributed by atoms with Crippen LogP contribution in [-0.2, 0) is 4.79 Å². The van der Waals surface area contributed by atoms with E-state index in [-0.39, 0.29) is 0 Å². The number of carbonyl (C=O) groups excluding carboxylic acids is 1. The fourth-order valence-electron chi connectivity index (χ4n) is 5.51. The van der Waals surface area contributed by atoms with Crippen LogP contribution in [0.2, 0.25) is 0 Å². The number of ketones is 1. The lowest BCUT2D eigenvalue weighted by molar-refractivity contribution is -0.118. The van der Waals surface area contributed by atoms with E-state index in [0.29, 0.717) is 5.78 Å². The molecule has 1 fully saturated rings. The maximum Gasteiger partial charge on any atom is 0.133 e. The third-order valence-electron chi connectivity index (χ3n) is 7.94. The van der Waals surface area contributed by atoms with Crippen molar-refractivity contribution in [2.45, 2.75) is 68.2 Å². The van der Waals surface area contributed by atoms with Crippen molar-refractivity contribution in [3.05, 3.63) is 74.8 Å². The van der Waals surface area contributed by atoms with E-state index < -0.39 is 7.92 Å². The number of Topliss-reactive ketones (excluding diaryl/α,β-unsaturated/α-hetero) is 1. The van der Waals surface area contributed by atoms with Crippen LogP contribution in [0, 0.1) is 55.4 Å². The van der Waals surface area contributed by atoms with Gasteiger partial charge in [-0.1, -0.05) is 38.3 Å². The highest BCUT2D eigenvalue weighted by atomic mass is 31.1. The van der Waals surface area contributed by atoms with Crippen molar-refractivity contribution in [3.8, 4) is 22.3 Å². The Kier molecular flexibility index (Phi) is 6.66.